The Labute approximate surface area is 66.4 Å². The van der Waals surface area contributed by atoms with E-state index in [1.54, 1.807) is 6.07 Å². The summed E-state index contributed by atoms with van der Waals surface area (Å²) in [6, 6.07) is 5.55. The normalized spacial score (nSPS) is 13.5. The molecule has 0 radical (unpaired) electrons. The Kier molecular flexibility index (Phi) is 1.08. The third kappa shape index (κ3) is 0.609. The van der Waals surface area contributed by atoms with Crippen LogP contribution in [0, 0.1) is 0 Å². The Balaban J connectivity index is 2.66. The molecule has 0 unspecified atom stereocenters. The van der Waals surface area contributed by atoms with Crippen LogP contribution in [-0.4, -0.2) is 5.91 Å². The standard InChI is InChI=1S/C7H4BrNO/c8-5-3-1-2-4-6(5)9-7(4)10/h1-3H,(H,9,10). The number of carbonyl (C=O) groups is 1. The van der Waals surface area contributed by atoms with Gasteiger partial charge >= 0.3 is 0 Å². The van der Waals surface area contributed by atoms with Crippen molar-refractivity contribution in [2.24, 2.45) is 0 Å². The fourth-order valence-electron chi connectivity index (χ4n) is 0.959. The summed E-state index contributed by atoms with van der Waals surface area (Å²) < 4.78 is 0.949. The van der Waals surface area contributed by atoms with Gasteiger partial charge in [-0.2, -0.15) is 0 Å². The van der Waals surface area contributed by atoms with Crippen LogP contribution in [0.3, 0.4) is 0 Å². The lowest BCUT2D eigenvalue weighted by atomic mass is 10.1. The number of nitrogens with one attached hydrogen (secondary N) is 1. The maximum absolute atomic E-state index is 10.7. The molecule has 0 bridgehead atoms. The van der Waals surface area contributed by atoms with E-state index in [9.17, 15) is 4.79 Å². The van der Waals surface area contributed by atoms with Crippen molar-refractivity contribution in [3.05, 3.63) is 28.2 Å². The van der Waals surface area contributed by atoms with Crippen LogP contribution in [0.5, 0.6) is 0 Å². The quantitative estimate of drug-likeness (QED) is 0.678. The molecule has 2 rings (SSSR count). The Morgan fingerprint density at radius 1 is 1.40 bits per heavy atom. The summed E-state index contributed by atoms with van der Waals surface area (Å²) in [6.07, 6.45) is 0. The largest absolute Gasteiger partial charge is 0.320 e. The van der Waals surface area contributed by atoms with Gasteiger partial charge < -0.3 is 5.32 Å². The fraction of sp³-hybridized carbons (Fsp3) is 0. The molecule has 1 amide bonds. The van der Waals surface area contributed by atoms with E-state index >= 15 is 0 Å². The molecular weight excluding hydrogens is 194 g/mol. The minimum atomic E-state index is 0.0105. The molecule has 2 nitrogen and oxygen atoms in total. The van der Waals surface area contributed by atoms with Crippen molar-refractivity contribution < 1.29 is 4.79 Å². The van der Waals surface area contributed by atoms with Gasteiger partial charge in [0.05, 0.1) is 11.3 Å². The summed E-state index contributed by atoms with van der Waals surface area (Å²) in [7, 11) is 0. The number of carbonyl (C=O) groups excluding carboxylic acids is 1. The Morgan fingerprint density at radius 3 is 2.80 bits per heavy atom. The molecule has 1 aromatic rings. The van der Waals surface area contributed by atoms with Gasteiger partial charge in [0.2, 0.25) is 0 Å². The minimum absolute atomic E-state index is 0.0105. The predicted molar refractivity (Wildman–Crippen MR) is 42.1 cm³/mol. The maximum atomic E-state index is 10.7. The van der Waals surface area contributed by atoms with Gasteiger partial charge in [-0.3, -0.25) is 4.79 Å². The van der Waals surface area contributed by atoms with Crippen molar-refractivity contribution in [3.63, 3.8) is 0 Å². The highest BCUT2D eigenvalue weighted by Gasteiger charge is 2.23. The third-order valence-corrected chi connectivity index (χ3v) is 2.16. The van der Waals surface area contributed by atoms with Gasteiger partial charge in [0, 0.05) is 4.47 Å². The molecule has 50 valence electrons. The van der Waals surface area contributed by atoms with Gasteiger partial charge in [-0.05, 0) is 28.1 Å². The van der Waals surface area contributed by atoms with Crippen molar-refractivity contribution in [1.29, 1.82) is 0 Å². The number of rotatable bonds is 0. The summed E-state index contributed by atoms with van der Waals surface area (Å²) in [4.78, 5) is 10.7. The Morgan fingerprint density at radius 2 is 2.20 bits per heavy atom. The lowest BCUT2D eigenvalue weighted by Crippen LogP contribution is -2.24. The minimum Gasteiger partial charge on any atom is -0.320 e. The predicted octanol–water partition coefficient (Wildman–Crippen LogP) is 2.01. The number of hydrogen-bond acceptors (Lipinski definition) is 1. The van der Waals surface area contributed by atoms with E-state index < -0.39 is 0 Å². The number of benzene rings is 1. The van der Waals surface area contributed by atoms with Crippen LogP contribution in [0.25, 0.3) is 0 Å². The van der Waals surface area contributed by atoms with E-state index in [0.717, 1.165) is 15.7 Å². The second kappa shape index (κ2) is 1.83. The monoisotopic (exact) mass is 197 g/mol. The van der Waals surface area contributed by atoms with E-state index in [-0.39, 0.29) is 5.91 Å². The summed E-state index contributed by atoms with van der Waals surface area (Å²) in [6.45, 7) is 0. The van der Waals surface area contributed by atoms with Crippen LogP contribution in [0.15, 0.2) is 22.7 Å². The molecule has 0 atom stereocenters. The van der Waals surface area contributed by atoms with Gasteiger partial charge in [0.15, 0.2) is 0 Å². The van der Waals surface area contributed by atoms with E-state index in [1.807, 2.05) is 12.1 Å². The van der Waals surface area contributed by atoms with Crippen LogP contribution in [-0.2, 0) is 0 Å². The average molecular weight is 198 g/mol. The van der Waals surface area contributed by atoms with E-state index in [0.29, 0.717) is 0 Å². The van der Waals surface area contributed by atoms with Crippen LogP contribution in [0.4, 0.5) is 5.69 Å². The number of para-hydroxylation sites is 1. The van der Waals surface area contributed by atoms with Gasteiger partial charge in [-0.1, -0.05) is 6.07 Å². The zero-order valence-electron chi connectivity index (χ0n) is 5.02. The van der Waals surface area contributed by atoms with Crippen LogP contribution in [0.2, 0.25) is 0 Å². The summed E-state index contributed by atoms with van der Waals surface area (Å²) in [5.74, 6) is 0.0105. The van der Waals surface area contributed by atoms with Crippen molar-refractivity contribution in [1.82, 2.24) is 0 Å². The highest BCUT2D eigenvalue weighted by Crippen LogP contribution is 2.32. The molecule has 1 heterocycles. The second-order valence-corrected chi connectivity index (χ2v) is 2.97. The smallest absolute Gasteiger partial charge is 0.257 e. The zero-order valence-corrected chi connectivity index (χ0v) is 6.60. The van der Waals surface area contributed by atoms with Crippen molar-refractivity contribution >= 4 is 27.5 Å². The number of anilines is 1. The first kappa shape index (κ1) is 5.92. The molecule has 10 heavy (non-hydrogen) atoms. The molecule has 1 aliphatic heterocycles. The van der Waals surface area contributed by atoms with E-state index in [2.05, 4.69) is 21.2 Å². The first-order valence-corrected chi connectivity index (χ1v) is 3.68. The first-order valence-electron chi connectivity index (χ1n) is 2.89. The Hall–Kier alpha value is -0.830. The summed E-state index contributed by atoms with van der Waals surface area (Å²) in [5, 5.41) is 2.67. The Bertz CT molecular complexity index is 308. The number of amides is 1. The van der Waals surface area contributed by atoms with E-state index in [4.69, 9.17) is 0 Å². The molecule has 0 aliphatic carbocycles. The molecular formula is C7H4BrNO. The average Bonchev–Trinajstić information content (AvgIpc) is 1.91. The molecule has 0 saturated carbocycles. The molecule has 0 spiro atoms. The molecule has 3 heteroatoms. The maximum Gasteiger partial charge on any atom is 0.257 e. The summed E-state index contributed by atoms with van der Waals surface area (Å²) >= 11 is 3.31. The van der Waals surface area contributed by atoms with Crippen molar-refractivity contribution in [2.75, 3.05) is 5.32 Å². The van der Waals surface area contributed by atoms with Gasteiger partial charge in [-0.25, -0.2) is 0 Å². The molecule has 0 fully saturated rings. The molecule has 0 aromatic heterocycles. The SMILES string of the molecule is O=C1Nc2c(Br)cccc21. The number of fused-ring (bicyclic) bond motifs is 1. The highest BCUT2D eigenvalue weighted by atomic mass is 79.9. The van der Waals surface area contributed by atoms with Crippen LogP contribution < -0.4 is 5.32 Å². The molecule has 1 aromatic carbocycles. The zero-order chi connectivity index (χ0) is 7.14. The number of halogens is 1. The van der Waals surface area contributed by atoms with Crippen LogP contribution in [0.1, 0.15) is 10.4 Å². The molecule has 1 aliphatic rings. The lowest BCUT2D eigenvalue weighted by Gasteiger charge is -2.19. The van der Waals surface area contributed by atoms with Crippen molar-refractivity contribution in [3.8, 4) is 0 Å². The highest BCUT2D eigenvalue weighted by molar-refractivity contribution is 9.10. The first-order chi connectivity index (χ1) is 4.79. The third-order valence-electron chi connectivity index (χ3n) is 1.50. The molecule has 0 saturated heterocycles. The second-order valence-electron chi connectivity index (χ2n) is 2.12. The number of hydrogen-bond donors (Lipinski definition) is 1. The van der Waals surface area contributed by atoms with Crippen molar-refractivity contribution in [2.45, 2.75) is 0 Å². The lowest BCUT2D eigenvalue weighted by molar-refractivity contribution is 0.101. The molecule has 1 N–H and O–H groups in total. The van der Waals surface area contributed by atoms with Gasteiger partial charge in [0.25, 0.3) is 5.91 Å². The topological polar surface area (TPSA) is 29.1 Å². The van der Waals surface area contributed by atoms with E-state index in [1.165, 1.54) is 0 Å². The summed E-state index contributed by atoms with van der Waals surface area (Å²) in [5.41, 5.74) is 1.68. The fourth-order valence-corrected chi connectivity index (χ4v) is 1.42. The van der Waals surface area contributed by atoms with Crippen LogP contribution >= 0.6 is 15.9 Å². The van der Waals surface area contributed by atoms with Gasteiger partial charge in [-0.15, -0.1) is 0 Å². The van der Waals surface area contributed by atoms with Gasteiger partial charge in [0.1, 0.15) is 0 Å².